The Morgan fingerprint density at radius 2 is 1.50 bits per heavy atom. The molecular formula is C7H5ClMgO5. The van der Waals surface area contributed by atoms with E-state index in [1.165, 1.54) is 0 Å². The van der Waals surface area contributed by atoms with Crippen LogP contribution in [0.5, 0.6) is 17.2 Å². The van der Waals surface area contributed by atoms with Crippen LogP contribution in [0.2, 0.25) is 0 Å². The number of carboxylic acids is 1. The molecule has 0 aliphatic carbocycles. The zero-order chi connectivity index (χ0) is 9.30. The molecule has 14 heavy (non-hydrogen) atoms. The fourth-order valence-electron chi connectivity index (χ4n) is 0.722. The van der Waals surface area contributed by atoms with Crippen molar-refractivity contribution in [2.24, 2.45) is 0 Å². The molecule has 1 aromatic carbocycles. The molecule has 0 radical (unpaired) electrons. The normalized spacial score (nSPS) is 8.29. The van der Waals surface area contributed by atoms with Gasteiger partial charge in [0.25, 0.3) is 0 Å². The van der Waals surface area contributed by atoms with Crippen LogP contribution in [-0.4, -0.2) is 44.3 Å². The zero-order valence-corrected chi connectivity index (χ0v) is 9.07. The molecule has 3 N–H and O–H groups in total. The Bertz CT molecular complexity index is 318. The SMILES string of the molecule is O=C([O-])c1cc(O)c(O)c(O)c1.[Cl-].[Mg+2]. The Balaban J connectivity index is 0. The number of aromatic carboxylic acids is 1. The van der Waals surface area contributed by atoms with Gasteiger partial charge in [-0.2, -0.15) is 0 Å². The molecule has 0 aliphatic rings. The van der Waals surface area contributed by atoms with Gasteiger partial charge in [-0.3, -0.25) is 0 Å². The number of hydrogen-bond acceptors (Lipinski definition) is 5. The van der Waals surface area contributed by atoms with E-state index in [0.717, 1.165) is 12.1 Å². The molecule has 0 spiro atoms. The molecule has 0 saturated carbocycles. The van der Waals surface area contributed by atoms with E-state index in [9.17, 15) is 9.90 Å². The van der Waals surface area contributed by atoms with Crippen LogP contribution in [0.25, 0.3) is 0 Å². The summed E-state index contributed by atoms with van der Waals surface area (Å²) >= 11 is 0. The van der Waals surface area contributed by atoms with Gasteiger partial charge in [-0.25, -0.2) is 0 Å². The summed E-state index contributed by atoms with van der Waals surface area (Å²) in [4.78, 5) is 10.2. The number of carbonyl (C=O) groups excluding carboxylic acids is 1. The van der Waals surface area contributed by atoms with Crippen molar-refractivity contribution in [3.05, 3.63) is 17.7 Å². The second kappa shape index (κ2) is 5.79. The number of phenols is 3. The van der Waals surface area contributed by atoms with E-state index in [1.54, 1.807) is 0 Å². The molecule has 0 atom stereocenters. The van der Waals surface area contributed by atoms with Crippen molar-refractivity contribution in [1.29, 1.82) is 0 Å². The zero-order valence-electron chi connectivity index (χ0n) is 6.90. The fourth-order valence-corrected chi connectivity index (χ4v) is 0.722. The summed E-state index contributed by atoms with van der Waals surface area (Å²) in [6.45, 7) is 0. The maximum atomic E-state index is 10.2. The predicted octanol–water partition coefficient (Wildman–Crippen LogP) is -4.21. The Kier molecular flexibility index (Phi) is 6.45. The fraction of sp³-hybridized carbons (Fsp3) is 0. The maximum Gasteiger partial charge on any atom is 2.00 e. The van der Waals surface area contributed by atoms with E-state index in [-0.39, 0.29) is 35.5 Å². The van der Waals surface area contributed by atoms with Crippen LogP contribution in [0.4, 0.5) is 0 Å². The second-order valence-electron chi connectivity index (χ2n) is 2.15. The van der Waals surface area contributed by atoms with Crippen molar-refractivity contribution in [3.63, 3.8) is 0 Å². The van der Waals surface area contributed by atoms with E-state index in [1.807, 2.05) is 0 Å². The van der Waals surface area contributed by atoms with Gasteiger partial charge in [0.1, 0.15) is 0 Å². The molecule has 0 aromatic heterocycles. The van der Waals surface area contributed by atoms with Crippen LogP contribution in [0.3, 0.4) is 0 Å². The third kappa shape index (κ3) is 3.13. The maximum absolute atomic E-state index is 10.2. The summed E-state index contributed by atoms with van der Waals surface area (Å²) in [6.07, 6.45) is 0. The first-order chi connectivity index (χ1) is 5.52. The number of hydrogen-bond donors (Lipinski definition) is 3. The smallest absolute Gasteiger partial charge is 1.00 e. The van der Waals surface area contributed by atoms with Gasteiger partial charge >= 0.3 is 23.1 Å². The average molecular weight is 229 g/mol. The molecule has 1 rings (SSSR count). The number of carboxylic acid groups (broad SMARTS) is 1. The number of halogens is 1. The van der Waals surface area contributed by atoms with Gasteiger partial charge in [0.05, 0.1) is 5.97 Å². The van der Waals surface area contributed by atoms with Crippen molar-refractivity contribution in [2.75, 3.05) is 0 Å². The summed E-state index contributed by atoms with van der Waals surface area (Å²) in [5.41, 5.74) is -0.400. The van der Waals surface area contributed by atoms with E-state index in [0.29, 0.717) is 0 Å². The third-order valence-electron chi connectivity index (χ3n) is 1.31. The summed E-state index contributed by atoms with van der Waals surface area (Å²) in [5.74, 6) is -3.69. The van der Waals surface area contributed by atoms with Crippen LogP contribution < -0.4 is 17.5 Å². The summed E-state index contributed by atoms with van der Waals surface area (Å²) in [7, 11) is 0. The molecule has 5 nitrogen and oxygen atoms in total. The van der Waals surface area contributed by atoms with Crippen LogP contribution >= 0.6 is 0 Å². The number of rotatable bonds is 1. The Morgan fingerprint density at radius 3 is 1.79 bits per heavy atom. The summed E-state index contributed by atoms with van der Waals surface area (Å²) in [5, 5.41) is 36.7. The molecule has 0 fully saturated rings. The molecule has 1 aromatic rings. The number of phenolic OH excluding ortho intramolecular Hbond substituents is 3. The second-order valence-corrected chi connectivity index (χ2v) is 2.15. The van der Waals surface area contributed by atoms with Crippen LogP contribution in [-0.2, 0) is 0 Å². The van der Waals surface area contributed by atoms with Crippen molar-refractivity contribution in [1.82, 2.24) is 0 Å². The average Bonchev–Trinajstić information content (AvgIpc) is 1.99. The minimum absolute atomic E-state index is 0. The van der Waals surface area contributed by atoms with Gasteiger partial charge in [-0.15, -0.1) is 0 Å². The molecule has 72 valence electrons. The molecule has 0 heterocycles. The Hall–Kier alpha value is -0.854. The molecule has 0 saturated heterocycles. The van der Waals surface area contributed by atoms with E-state index in [2.05, 4.69) is 0 Å². The third-order valence-corrected chi connectivity index (χ3v) is 1.31. The van der Waals surface area contributed by atoms with Gasteiger partial charge in [0.2, 0.25) is 0 Å². The molecular weight excluding hydrogens is 224 g/mol. The van der Waals surface area contributed by atoms with Crippen LogP contribution in [0.1, 0.15) is 10.4 Å². The minimum atomic E-state index is -1.54. The van der Waals surface area contributed by atoms with E-state index < -0.39 is 28.8 Å². The van der Waals surface area contributed by atoms with Gasteiger partial charge in [-0.1, -0.05) is 0 Å². The van der Waals surface area contributed by atoms with Gasteiger partial charge in [-0.05, 0) is 12.1 Å². The van der Waals surface area contributed by atoms with Crippen molar-refractivity contribution >= 4 is 29.0 Å². The first kappa shape index (κ1) is 15.6. The molecule has 0 amide bonds. The van der Waals surface area contributed by atoms with E-state index in [4.69, 9.17) is 15.3 Å². The molecule has 0 bridgehead atoms. The van der Waals surface area contributed by atoms with Gasteiger partial charge < -0.3 is 37.6 Å². The number of benzene rings is 1. The summed E-state index contributed by atoms with van der Waals surface area (Å²) < 4.78 is 0. The molecule has 0 unspecified atom stereocenters. The monoisotopic (exact) mass is 228 g/mol. The van der Waals surface area contributed by atoms with Crippen molar-refractivity contribution < 1.29 is 37.6 Å². The van der Waals surface area contributed by atoms with Gasteiger partial charge in [0, 0.05) is 5.56 Å². The quantitative estimate of drug-likeness (QED) is 0.334. The van der Waals surface area contributed by atoms with Crippen LogP contribution in [0.15, 0.2) is 12.1 Å². The van der Waals surface area contributed by atoms with Crippen molar-refractivity contribution in [2.45, 2.75) is 0 Å². The first-order valence-electron chi connectivity index (χ1n) is 2.98. The predicted molar refractivity (Wildman–Crippen MR) is 41.5 cm³/mol. The standard InChI is InChI=1S/C7H6O5.ClH.Mg/c8-4-1-3(7(11)12)2-5(9)6(4)10;;/h1-2,8-10H,(H,11,12);1H;/q;;+2/p-2. The largest absolute Gasteiger partial charge is 2.00 e. The van der Waals surface area contributed by atoms with E-state index >= 15 is 0 Å². The summed E-state index contributed by atoms with van der Waals surface area (Å²) in [6, 6.07) is 1.56. The topological polar surface area (TPSA) is 101 Å². The Morgan fingerprint density at radius 1 is 1.14 bits per heavy atom. The number of aromatic hydroxyl groups is 3. The molecule has 7 heteroatoms. The number of carbonyl (C=O) groups is 1. The minimum Gasteiger partial charge on any atom is -1.00 e. The molecule has 0 aliphatic heterocycles. The first-order valence-corrected chi connectivity index (χ1v) is 2.98. The Labute approximate surface area is 102 Å². The van der Waals surface area contributed by atoms with Crippen molar-refractivity contribution in [3.8, 4) is 17.2 Å². The van der Waals surface area contributed by atoms with Gasteiger partial charge in [0.15, 0.2) is 17.2 Å². The van der Waals surface area contributed by atoms with Crippen LogP contribution in [0, 0.1) is 0 Å².